The molecule has 7 heteroatoms. The second kappa shape index (κ2) is 10.2. The molecule has 29 heavy (non-hydrogen) atoms. The van der Waals surface area contributed by atoms with Crippen LogP contribution < -0.4 is 15.4 Å². The summed E-state index contributed by atoms with van der Waals surface area (Å²) < 4.78 is 7.47. The van der Waals surface area contributed by atoms with Crippen LogP contribution in [0.2, 0.25) is 0 Å². The molecule has 0 aliphatic rings. The number of hydrogen-bond donors (Lipinski definition) is 2. The topological polar surface area (TPSA) is 67.4 Å². The first kappa shape index (κ1) is 21.1. The molecule has 0 radical (unpaired) electrons. The first-order valence-electron chi connectivity index (χ1n) is 8.85. The van der Waals surface area contributed by atoms with Gasteiger partial charge in [-0.3, -0.25) is 9.59 Å². The minimum absolute atomic E-state index is 0.146. The summed E-state index contributed by atoms with van der Waals surface area (Å²) in [6, 6.07) is 21.4. The predicted octanol–water partition coefficient (Wildman–Crippen LogP) is 5.27. The minimum atomic E-state index is -0.179. The highest BCUT2D eigenvalue weighted by atomic mass is 79.9. The molecular formula is C22H18Br2N2O3. The molecule has 0 fully saturated rings. The van der Waals surface area contributed by atoms with Crippen molar-refractivity contribution in [3.63, 3.8) is 0 Å². The standard InChI is InChI=1S/C22H18Br2N2O3/c23-17-5-1-15(2-6-17)21(27)25-13-14-29-20-11-9-19(10-12-20)26-22(28)16-3-7-18(24)8-4-16/h1-12H,13-14H2,(H,25,27)(H,26,28). The zero-order valence-electron chi connectivity index (χ0n) is 15.3. The summed E-state index contributed by atoms with van der Waals surface area (Å²) in [5.74, 6) is 0.332. The Morgan fingerprint density at radius 1 is 0.724 bits per heavy atom. The Morgan fingerprint density at radius 3 is 1.79 bits per heavy atom. The summed E-state index contributed by atoms with van der Waals surface area (Å²) in [5, 5.41) is 5.65. The molecule has 0 bridgehead atoms. The molecule has 0 aromatic heterocycles. The van der Waals surface area contributed by atoms with Crippen LogP contribution in [0.3, 0.4) is 0 Å². The van der Waals surface area contributed by atoms with Gasteiger partial charge in [-0.05, 0) is 72.8 Å². The summed E-state index contributed by atoms with van der Waals surface area (Å²) in [6.45, 7) is 0.726. The Labute approximate surface area is 185 Å². The van der Waals surface area contributed by atoms with Crippen LogP contribution in [0.15, 0.2) is 81.7 Å². The van der Waals surface area contributed by atoms with Gasteiger partial charge in [-0.15, -0.1) is 0 Å². The van der Waals surface area contributed by atoms with E-state index in [4.69, 9.17) is 4.74 Å². The SMILES string of the molecule is O=C(NCCOc1ccc(NC(=O)c2ccc(Br)cc2)cc1)c1ccc(Br)cc1. The van der Waals surface area contributed by atoms with Crippen molar-refractivity contribution in [1.82, 2.24) is 5.32 Å². The van der Waals surface area contributed by atoms with Crippen LogP contribution in [0.4, 0.5) is 5.69 Å². The fourth-order valence-electron chi connectivity index (χ4n) is 2.48. The van der Waals surface area contributed by atoms with E-state index in [0.717, 1.165) is 8.95 Å². The Hall–Kier alpha value is -2.64. The molecule has 0 aliphatic heterocycles. The molecule has 0 saturated heterocycles. The highest BCUT2D eigenvalue weighted by molar-refractivity contribution is 9.10. The Morgan fingerprint density at radius 2 is 1.24 bits per heavy atom. The quantitative estimate of drug-likeness (QED) is 0.419. The summed E-state index contributed by atoms with van der Waals surface area (Å²) in [6.07, 6.45) is 0. The lowest BCUT2D eigenvalue weighted by molar-refractivity contribution is 0.0946. The first-order valence-corrected chi connectivity index (χ1v) is 10.4. The summed E-state index contributed by atoms with van der Waals surface area (Å²) >= 11 is 6.69. The number of nitrogens with one attached hydrogen (secondary N) is 2. The van der Waals surface area contributed by atoms with E-state index in [1.165, 1.54) is 0 Å². The van der Waals surface area contributed by atoms with Gasteiger partial charge in [-0.1, -0.05) is 31.9 Å². The smallest absolute Gasteiger partial charge is 0.255 e. The van der Waals surface area contributed by atoms with Crippen molar-refractivity contribution in [3.05, 3.63) is 92.9 Å². The van der Waals surface area contributed by atoms with Crippen molar-refractivity contribution >= 4 is 49.4 Å². The number of benzene rings is 3. The van der Waals surface area contributed by atoms with Gasteiger partial charge in [-0.2, -0.15) is 0 Å². The Balaban J connectivity index is 1.43. The third-order valence-corrected chi connectivity index (χ3v) is 5.04. The average molecular weight is 518 g/mol. The van der Waals surface area contributed by atoms with Gasteiger partial charge in [-0.25, -0.2) is 0 Å². The highest BCUT2D eigenvalue weighted by Gasteiger charge is 2.07. The molecule has 3 aromatic rings. The van der Waals surface area contributed by atoms with Crippen molar-refractivity contribution in [1.29, 1.82) is 0 Å². The molecule has 0 saturated carbocycles. The number of rotatable bonds is 7. The van der Waals surface area contributed by atoms with Gasteiger partial charge < -0.3 is 15.4 Å². The number of anilines is 1. The van der Waals surface area contributed by atoms with E-state index < -0.39 is 0 Å². The second-order valence-corrected chi connectivity index (χ2v) is 7.93. The van der Waals surface area contributed by atoms with Gasteiger partial charge in [0.05, 0.1) is 6.54 Å². The Bertz CT molecular complexity index is 972. The molecule has 0 atom stereocenters. The van der Waals surface area contributed by atoms with Gasteiger partial charge in [0, 0.05) is 25.8 Å². The number of amides is 2. The molecule has 0 heterocycles. The lowest BCUT2D eigenvalue weighted by Gasteiger charge is -2.09. The van der Waals surface area contributed by atoms with Gasteiger partial charge in [0.1, 0.15) is 12.4 Å². The number of ether oxygens (including phenoxy) is 1. The van der Waals surface area contributed by atoms with E-state index in [1.807, 2.05) is 24.3 Å². The van der Waals surface area contributed by atoms with Crippen molar-refractivity contribution in [2.75, 3.05) is 18.5 Å². The second-order valence-electron chi connectivity index (χ2n) is 6.10. The zero-order valence-corrected chi connectivity index (χ0v) is 18.5. The van der Waals surface area contributed by atoms with Gasteiger partial charge in [0.25, 0.3) is 11.8 Å². The zero-order chi connectivity index (χ0) is 20.6. The van der Waals surface area contributed by atoms with Gasteiger partial charge >= 0.3 is 0 Å². The third-order valence-electron chi connectivity index (χ3n) is 3.98. The molecule has 5 nitrogen and oxygen atoms in total. The number of hydrogen-bond acceptors (Lipinski definition) is 3. The van der Waals surface area contributed by atoms with E-state index in [0.29, 0.717) is 35.7 Å². The molecule has 148 valence electrons. The van der Waals surface area contributed by atoms with Crippen molar-refractivity contribution in [2.45, 2.75) is 0 Å². The molecule has 2 amide bonds. The van der Waals surface area contributed by atoms with E-state index in [9.17, 15) is 9.59 Å². The summed E-state index contributed by atoms with van der Waals surface area (Å²) in [7, 11) is 0. The van der Waals surface area contributed by atoms with Crippen molar-refractivity contribution < 1.29 is 14.3 Å². The molecule has 0 aliphatic carbocycles. The van der Waals surface area contributed by atoms with Crippen molar-refractivity contribution in [3.8, 4) is 5.75 Å². The molecular weight excluding hydrogens is 500 g/mol. The van der Waals surface area contributed by atoms with Crippen LogP contribution in [0, 0.1) is 0 Å². The average Bonchev–Trinajstić information content (AvgIpc) is 2.73. The van der Waals surface area contributed by atoms with Gasteiger partial charge in [0.2, 0.25) is 0 Å². The third kappa shape index (κ3) is 6.44. The number of carbonyl (C=O) groups is 2. The lowest BCUT2D eigenvalue weighted by Crippen LogP contribution is -2.28. The van der Waals surface area contributed by atoms with E-state index in [1.54, 1.807) is 48.5 Å². The van der Waals surface area contributed by atoms with Crippen LogP contribution in [-0.4, -0.2) is 25.0 Å². The normalized spacial score (nSPS) is 10.3. The first-order chi connectivity index (χ1) is 14.0. The fraction of sp³-hybridized carbons (Fsp3) is 0.0909. The minimum Gasteiger partial charge on any atom is -0.492 e. The largest absolute Gasteiger partial charge is 0.492 e. The van der Waals surface area contributed by atoms with Crippen LogP contribution in [0.1, 0.15) is 20.7 Å². The fourth-order valence-corrected chi connectivity index (χ4v) is 3.00. The molecule has 0 unspecified atom stereocenters. The van der Waals surface area contributed by atoms with Crippen molar-refractivity contribution in [2.24, 2.45) is 0 Å². The molecule has 3 rings (SSSR count). The summed E-state index contributed by atoms with van der Waals surface area (Å²) in [4.78, 5) is 24.2. The number of carbonyl (C=O) groups excluding carboxylic acids is 2. The maximum atomic E-state index is 12.2. The van der Waals surface area contributed by atoms with E-state index >= 15 is 0 Å². The lowest BCUT2D eigenvalue weighted by atomic mass is 10.2. The monoisotopic (exact) mass is 516 g/mol. The van der Waals surface area contributed by atoms with Crippen LogP contribution in [0.5, 0.6) is 5.75 Å². The van der Waals surface area contributed by atoms with Gasteiger partial charge in [0.15, 0.2) is 0 Å². The molecule has 3 aromatic carbocycles. The summed E-state index contributed by atoms with van der Waals surface area (Å²) in [5.41, 5.74) is 1.85. The predicted molar refractivity (Wildman–Crippen MR) is 121 cm³/mol. The Kier molecular flexibility index (Phi) is 7.43. The maximum absolute atomic E-state index is 12.2. The molecule has 0 spiro atoms. The van der Waals surface area contributed by atoms with Crippen LogP contribution in [0.25, 0.3) is 0 Å². The van der Waals surface area contributed by atoms with E-state index in [2.05, 4.69) is 42.5 Å². The van der Waals surface area contributed by atoms with Crippen LogP contribution >= 0.6 is 31.9 Å². The van der Waals surface area contributed by atoms with E-state index in [-0.39, 0.29) is 11.8 Å². The molecule has 2 N–H and O–H groups in total. The van der Waals surface area contributed by atoms with Crippen LogP contribution in [-0.2, 0) is 0 Å². The maximum Gasteiger partial charge on any atom is 0.255 e. The highest BCUT2D eigenvalue weighted by Crippen LogP contribution is 2.17. The number of halogens is 2.